The Kier molecular flexibility index (Phi) is 3.43. The minimum Gasteiger partial charge on any atom is -0.383 e. The first-order valence-electron chi connectivity index (χ1n) is 6.86. The van der Waals surface area contributed by atoms with E-state index >= 15 is 0 Å². The summed E-state index contributed by atoms with van der Waals surface area (Å²) in [5, 5.41) is 4.47. The number of nitrogens with one attached hydrogen (secondary N) is 1. The maximum Gasteiger partial charge on any atom is 0.272 e. The lowest BCUT2D eigenvalue weighted by Gasteiger charge is -2.19. The van der Waals surface area contributed by atoms with Gasteiger partial charge in [0.1, 0.15) is 11.5 Å². The molecule has 1 aliphatic heterocycles. The fourth-order valence-corrected chi connectivity index (χ4v) is 2.47. The number of rotatable bonds is 1. The van der Waals surface area contributed by atoms with Crippen molar-refractivity contribution in [3.05, 3.63) is 36.0 Å². The lowest BCUT2D eigenvalue weighted by molar-refractivity contribution is -0.120. The number of hydrogen-bond donors (Lipinski definition) is 2. The van der Waals surface area contributed by atoms with Crippen LogP contribution in [0.25, 0.3) is 10.8 Å². The van der Waals surface area contributed by atoms with Crippen LogP contribution < -0.4 is 11.1 Å². The summed E-state index contributed by atoms with van der Waals surface area (Å²) >= 11 is 0. The summed E-state index contributed by atoms with van der Waals surface area (Å²) in [4.78, 5) is 29.7. The van der Waals surface area contributed by atoms with E-state index in [0.717, 1.165) is 10.8 Å². The Hall–Kier alpha value is -2.63. The molecule has 2 aromatic rings. The summed E-state index contributed by atoms with van der Waals surface area (Å²) in [6.45, 7) is 1.35. The number of carbonyl (C=O) groups is 2. The van der Waals surface area contributed by atoms with E-state index in [1.165, 1.54) is 0 Å². The Morgan fingerprint density at radius 2 is 2.10 bits per heavy atom. The average Bonchev–Trinajstić information content (AvgIpc) is 2.71. The number of aromatic nitrogens is 1. The zero-order chi connectivity index (χ0) is 14.8. The second-order valence-electron chi connectivity index (χ2n) is 5.01. The van der Waals surface area contributed by atoms with Crippen molar-refractivity contribution in [1.82, 2.24) is 15.2 Å². The Balaban J connectivity index is 1.92. The van der Waals surface area contributed by atoms with E-state index in [0.29, 0.717) is 37.6 Å². The van der Waals surface area contributed by atoms with Crippen LogP contribution in [-0.4, -0.2) is 41.3 Å². The molecule has 1 aromatic heterocycles. The molecule has 3 N–H and O–H groups in total. The Morgan fingerprint density at radius 1 is 1.29 bits per heavy atom. The quantitative estimate of drug-likeness (QED) is 0.810. The minimum atomic E-state index is -0.191. The fraction of sp³-hybridized carbons (Fsp3) is 0.267. The van der Waals surface area contributed by atoms with Crippen molar-refractivity contribution in [1.29, 1.82) is 0 Å². The van der Waals surface area contributed by atoms with Crippen molar-refractivity contribution in [2.75, 3.05) is 25.4 Å². The number of amides is 2. The molecule has 1 fully saturated rings. The number of nitrogens with two attached hydrogens (primary N) is 1. The van der Waals surface area contributed by atoms with E-state index in [4.69, 9.17) is 5.73 Å². The van der Waals surface area contributed by atoms with Crippen LogP contribution in [0.1, 0.15) is 16.9 Å². The van der Waals surface area contributed by atoms with E-state index in [9.17, 15) is 9.59 Å². The van der Waals surface area contributed by atoms with Gasteiger partial charge in [-0.2, -0.15) is 0 Å². The molecule has 1 saturated heterocycles. The molecule has 0 bridgehead atoms. The Bertz CT molecular complexity index is 714. The molecule has 0 spiro atoms. The van der Waals surface area contributed by atoms with Crippen molar-refractivity contribution in [2.45, 2.75) is 6.42 Å². The van der Waals surface area contributed by atoms with Gasteiger partial charge >= 0.3 is 0 Å². The van der Waals surface area contributed by atoms with Gasteiger partial charge in [0.25, 0.3) is 5.91 Å². The number of pyridine rings is 1. The topological polar surface area (TPSA) is 88.3 Å². The Morgan fingerprint density at radius 3 is 2.95 bits per heavy atom. The molecule has 0 atom stereocenters. The molecular formula is C15H16N4O2. The highest BCUT2D eigenvalue weighted by atomic mass is 16.2. The zero-order valence-electron chi connectivity index (χ0n) is 11.5. The van der Waals surface area contributed by atoms with Crippen LogP contribution in [0.15, 0.2) is 30.3 Å². The number of nitrogen functional groups attached to an aromatic ring is 1. The first kappa shape index (κ1) is 13.4. The number of anilines is 1. The van der Waals surface area contributed by atoms with E-state index in [-0.39, 0.29) is 11.8 Å². The standard InChI is InChI=1S/C15H16N4O2/c16-14-11-4-2-1-3-10(11)9-12(18-14)15(21)19-7-5-13(20)17-6-8-19/h1-4,9H,5-8H2,(H2,16,18)(H,17,20). The van der Waals surface area contributed by atoms with Crippen molar-refractivity contribution in [2.24, 2.45) is 0 Å². The Labute approximate surface area is 121 Å². The highest BCUT2D eigenvalue weighted by Crippen LogP contribution is 2.20. The highest BCUT2D eigenvalue weighted by Gasteiger charge is 2.21. The fourth-order valence-electron chi connectivity index (χ4n) is 2.47. The van der Waals surface area contributed by atoms with Crippen LogP contribution in [0.5, 0.6) is 0 Å². The van der Waals surface area contributed by atoms with Gasteiger partial charge in [-0.05, 0) is 11.5 Å². The summed E-state index contributed by atoms with van der Waals surface area (Å²) in [6.07, 6.45) is 0.314. The zero-order valence-corrected chi connectivity index (χ0v) is 11.5. The summed E-state index contributed by atoms with van der Waals surface area (Å²) in [7, 11) is 0. The SMILES string of the molecule is Nc1nc(C(=O)N2CCNC(=O)CC2)cc2ccccc12. The highest BCUT2D eigenvalue weighted by molar-refractivity contribution is 6.00. The van der Waals surface area contributed by atoms with Gasteiger partial charge in [0, 0.05) is 31.4 Å². The van der Waals surface area contributed by atoms with Crippen LogP contribution in [-0.2, 0) is 4.79 Å². The molecule has 0 unspecified atom stereocenters. The second-order valence-corrected chi connectivity index (χ2v) is 5.01. The van der Waals surface area contributed by atoms with E-state index in [1.54, 1.807) is 11.0 Å². The maximum atomic E-state index is 12.5. The molecule has 21 heavy (non-hydrogen) atoms. The maximum absolute atomic E-state index is 12.5. The lowest BCUT2D eigenvalue weighted by Crippen LogP contribution is -2.34. The van der Waals surface area contributed by atoms with Crippen molar-refractivity contribution >= 4 is 28.4 Å². The number of benzene rings is 1. The first-order valence-corrected chi connectivity index (χ1v) is 6.86. The molecule has 1 aliphatic rings. The third kappa shape index (κ3) is 2.65. The van der Waals surface area contributed by atoms with Crippen LogP contribution in [0.2, 0.25) is 0 Å². The van der Waals surface area contributed by atoms with Crippen LogP contribution >= 0.6 is 0 Å². The summed E-state index contributed by atoms with van der Waals surface area (Å²) in [6, 6.07) is 9.30. The molecule has 6 nitrogen and oxygen atoms in total. The number of hydrogen-bond acceptors (Lipinski definition) is 4. The third-order valence-corrected chi connectivity index (χ3v) is 3.59. The number of fused-ring (bicyclic) bond motifs is 1. The second kappa shape index (κ2) is 5.40. The van der Waals surface area contributed by atoms with Gasteiger partial charge in [-0.15, -0.1) is 0 Å². The molecule has 2 amide bonds. The molecule has 108 valence electrons. The minimum absolute atomic E-state index is 0.0312. The number of carbonyl (C=O) groups excluding carboxylic acids is 2. The molecule has 6 heteroatoms. The molecular weight excluding hydrogens is 268 g/mol. The predicted molar refractivity (Wildman–Crippen MR) is 79.7 cm³/mol. The number of nitrogens with zero attached hydrogens (tertiary/aromatic N) is 2. The summed E-state index contributed by atoms with van der Waals surface area (Å²) in [5.74, 6) is 0.126. The van der Waals surface area contributed by atoms with E-state index in [1.807, 2.05) is 24.3 Å². The average molecular weight is 284 g/mol. The van der Waals surface area contributed by atoms with Gasteiger partial charge in [0.2, 0.25) is 5.91 Å². The predicted octanol–water partition coefficient (Wildman–Crippen LogP) is 0.779. The monoisotopic (exact) mass is 284 g/mol. The van der Waals surface area contributed by atoms with Gasteiger partial charge in [-0.25, -0.2) is 4.98 Å². The summed E-state index contributed by atoms with van der Waals surface area (Å²) < 4.78 is 0. The van der Waals surface area contributed by atoms with Crippen molar-refractivity contribution in [3.63, 3.8) is 0 Å². The van der Waals surface area contributed by atoms with Crippen molar-refractivity contribution in [3.8, 4) is 0 Å². The van der Waals surface area contributed by atoms with Gasteiger partial charge in [0.05, 0.1) is 0 Å². The van der Waals surface area contributed by atoms with E-state index < -0.39 is 0 Å². The largest absolute Gasteiger partial charge is 0.383 e. The molecule has 0 radical (unpaired) electrons. The van der Waals surface area contributed by atoms with Gasteiger partial charge in [0.15, 0.2) is 0 Å². The van der Waals surface area contributed by atoms with Gasteiger partial charge in [-0.3, -0.25) is 9.59 Å². The van der Waals surface area contributed by atoms with Crippen molar-refractivity contribution < 1.29 is 9.59 Å². The van der Waals surface area contributed by atoms with Gasteiger partial charge < -0.3 is 16.0 Å². The van der Waals surface area contributed by atoms with Crippen LogP contribution in [0.3, 0.4) is 0 Å². The molecule has 1 aromatic carbocycles. The van der Waals surface area contributed by atoms with E-state index in [2.05, 4.69) is 10.3 Å². The van der Waals surface area contributed by atoms with Gasteiger partial charge in [-0.1, -0.05) is 24.3 Å². The third-order valence-electron chi connectivity index (χ3n) is 3.59. The molecule has 3 rings (SSSR count). The molecule has 0 saturated carbocycles. The van der Waals surface area contributed by atoms with Crippen LogP contribution in [0.4, 0.5) is 5.82 Å². The van der Waals surface area contributed by atoms with Crippen LogP contribution in [0, 0.1) is 0 Å². The smallest absolute Gasteiger partial charge is 0.272 e. The summed E-state index contributed by atoms with van der Waals surface area (Å²) in [5.41, 5.74) is 6.25. The normalized spacial score (nSPS) is 15.6. The molecule has 0 aliphatic carbocycles. The first-order chi connectivity index (χ1) is 10.1. The lowest BCUT2D eigenvalue weighted by atomic mass is 10.1. The molecule has 2 heterocycles.